The molecule has 0 saturated carbocycles. The van der Waals surface area contributed by atoms with Gasteiger partial charge in [-0.3, -0.25) is 4.79 Å². The molecule has 0 radical (unpaired) electrons. The van der Waals surface area contributed by atoms with Crippen molar-refractivity contribution >= 4 is 57.0 Å². The molecule has 1 heterocycles. The third-order valence-electron chi connectivity index (χ3n) is 4.18. The number of allylic oxidation sites excluding steroid dienone is 1. The smallest absolute Gasteiger partial charge is 0.343 e. The SMILES string of the molecule is O=C(Oc1ccc2c(c1)OC(=Cc1ccc(Cl)cc1Cl)C2=O)c1ccc(Br)cc1. The predicted molar refractivity (Wildman–Crippen MR) is 115 cm³/mol. The number of carbonyl (C=O) groups is 2. The molecule has 3 aromatic carbocycles. The Labute approximate surface area is 184 Å². The van der Waals surface area contributed by atoms with Gasteiger partial charge in [0.2, 0.25) is 5.78 Å². The zero-order chi connectivity index (χ0) is 20.5. The van der Waals surface area contributed by atoms with Crippen molar-refractivity contribution in [2.45, 2.75) is 0 Å². The van der Waals surface area contributed by atoms with Gasteiger partial charge in [-0.1, -0.05) is 45.2 Å². The third kappa shape index (κ3) is 4.22. The summed E-state index contributed by atoms with van der Waals surface area (Å²) in [5.74, 6) is -0.0782. The molecule has 29 heavy (non-hydrogen) atoms. The van der Waals surface area contributed by atoms with Gasteiger partial charge in [0.15, 0.2) is 5.76 Å². The van der Waals surface area contributed by atoms with Crippen molar-refractivity contribution in [3.8, 4) is 11.5 Å². The zero-order valence-electron chi connectivity index (χ0n) is 14.6. The minimum absolute atomic E-state index is 0.126. The van der Waals surface area contributed by atoms with Gasteiger partial charge in [-0.15, -0.1) is 0 Å². The summed E-state index contributed by atoms with van der Waals surface area (Å²) < 4.78 is 11.9. The fourth-order valence-corrected chi connectivity index (χ4v) is 3.47. The molecule has 0 aromatic heterocycles. The average Bonchev–Trinajstić information content (AvgIpc) is 2.99. The molecule has 0 N–H and O–H groups in total. The second kappa shape index (κ2) is 8.03. The van der Waals surface area contributed by atoms with Gasteiger partial charge in [0, 0.05) is 20.6 Å². The first-order chi connectivity index (χ1) is 13.9. The van der Waals surface area contributed by atoms with Crippen LogP contribution in [-0.4, -0.2) is 11.8 Å². The van der Waals surface area contributed by atoms with E-state index < -0.39 is 5.97 Å². The van der Waals surface area contributed by atoms with Crippen LogP contribution in [0.25, 0.3) is 6.08 Å². The van der Waals surface area contributed by atoms with E-state index in [1.807, 2.05) is 0 Å². The van der Waals surface area contributed by atoms with Crippen LogP contribution in [0.2, 0.25) is 10.0 Å². The lowest BCUT2D eigenvalue weighted by Crippen LogP contribution is -2.08. The van der Waals surface area contributed by atoms with Crippen molar-refractivity contribution in [2.75, 3.05) is 0 Å². The van der Waals surface area contributed by atoms with Crippen LogP contribution in [0.15, 0.2) is 70.9 Å². The fourth-order valence-electron chi connectivity index (χ4n) is 2.74. The molecule has 1 aliphatic rings. The number of carbonyl (C=O) groups excluding carboxylic acids is 2. The second-order valence-electron chi connectivity index (χ2n) is 6.16. The molecular formula is C22H11BrCl2O4. The molecule has 4 nitrogen and oxygen atoms in total. The molecule has 4 rings (SSSR count). The minimum Gasteiger partial charge on any atom is -0.452 e. The van der Waals surface area contributed by atoms with Crippen LogP contribution in [0, 0.1) is 0 Å². The van der Waals surface area contributed by atoms with E-state index in [1.54, 1.807) is 60.7 Å². The van der Waals surface area contributed by atoms with Crippen LogP contribution in [0.4, 0.5) is 0 Å². The van der Waals surface area contributed by atoms with Gasteiger partial charge in [-0.2, -0.15) is 0 Å². The first kappa shape index (κ1) is 19.7. The molecule has 3 aromatic rings. The number of rotatable bonds is 3. The predicted octanol–water partition coefficient (Wildman–Crippen LogP) is 6.59. The Morgan fingerprint density at radius 2 is 1.76 bits per heavy atom. The lowest BCUT2D eigenvalue weighted by atomic mass is 10.1. The first-order valence-electron chi connectivity index (χ1n) is 8.42. The highest BCUT2D eigenvalue weighted by atomic mass is 79.9. The summed E-state index contributed by atoms with van der Waals surface area (Å²) in [5.41, 5.74) is 1.39. The number of esters is 1. The Morgan fingerprint density at radius 3 is 2.48 bits per heavy atom. The van der Waals surface area contributed by atoms with Gasteiger partial charge in [0.05, 0.1) is 11.1 Å². The summed E-state index contributed by atoms with van der Waals surface area (Å²) in [7, 11) is 0. The molecule has 0 amide bonds. The molecule has 0 saturated heterocycles. The highest BCUT2D eigenvalue weighted by Crippen LogP contribution is 2.36. The molecule has 0 spiro atoms. The zero-order valence-corrected chi connectivity index (χ0v) is 17.7. The Morgan fingerprint density at radius 1 is 1.00 bits per heavy atom. The van der Waals surface area contributed by atoms with Crippen LogP contribution in [0.5, 0.6) is 11.5 Å². The summed E-state index contributed by atoms with van der Waals surface area (Å²) >= 11 is 15.4. The average molecular weight is 490 g/mol. The van der Waals surface area contributed by atoms with Crippen molar-refractivity contribution in [2.24, 2.45) is 0 Å². The van der Waals surface area contributed by atoms with Crippen LogP contribution in [0.1, 0.15) is 26.3 Å². The van der Waals surface area contributed by atoms with Crippen LogP contribution < -0.4 is 9.47 Å². The number of ketones is 1. The van der Waals surface area contributed by atoms with Gasteiger partial charge >= 0.3 is 5.97 Å². The van der Waals surface area contributed by atoms with Crippen LogP contribution >= 0.6 is 39.1 Å². The van der Waals surface area contributed by atoms with Gasteiger partial charge in [-0.25, -0.2) is 4.79 Å². The molecule has 1 aliphatic heterocycles. The largest absolute Gasteiger partial charge is 0.452 e. The fraction of sp³-hybridized carbons (Fsp3) is 0. The minimum atomic E-state index is -0.509. The molecule has 0 fully saturated rings. The molecular weight excluding hydrogens is 479 g/mol. The molecule has 0 unspecified atom stereocenters. The van der Waals surface area contributed by atoms with E-state index in [4.69, 9.17) is 32.7 Å². The summed E-state index contributed by atoms with van der Waals surface area (Å²) in [4.78, 5) is 24.9. The lowest BCUT2D eigenvalue weighted by Gasteiger charge is -2.06. The van der Waals surface area contributed by atoms with Crippen LogP contribution in [0.3, 0.4) is 0 Å². The van der Waals surface area contributed by atoms with E-state index in [9.17, 15) is 9.59 Å². The van der Waals surface area contributed by atoms with E-state index in [2.05, 4.69) is 15.9 Å². The van der Waals surface area contributed by atoms with Gasteiger partial charge < -0.3 is 9.47 Å². The van der Waals surface area contributed by atoms with Gasteiger partial charge in [0.1, 0.15) is 11.5 Å². The van der Waals surface area contributed by atoms with E-state index in [0.717, 1.165) is 4.47 Å². The highest BCUT2D eigenvalue weighted by molar-refractivity contribution is 9.10. The first-order valence-corrected chi connectivity index (χ1v) is 9.97. The van der Waals surface area contributed by atoms with E-state index in [0.29, 0.717) is 32.5 Å². The molecule has 0 atom stereocenters. The highest BCUT2D eigenvalue weighted by Gasteiger charge is 2.28. The van der Waals surface area contributed by atoms with Crippen molar-refractivity contribution in [1.29, 1.82) is 0 Å². The van der Waals surface area contributed by atoms with Crippen molar-refractivity contribution < 1.29 is 19.1 Å². The summed E-state index contributed by atoms with van der Waals surface area (Å²) in [6, 6.07) is 16.4. The standard InChI is InChI=1S/C22H11BrCl2O4/c23-14-4-1-12(2-5-14)22(27)28-16-7-8-17-19(11-16)29-20(21(17)26)9-13-3-6-15(24)10-18(13)25/h1-11H. The Kier molecular flexibility index (Phi) is 5.46. The molecule has 0 bridgehead atoms. The number of hydrogen-bond acceptors (Lipinski definition) is 4. The Bertz CT molecular complexity index is 1170. The van der Waals surface area contributed by atoms with E-state index in [1.165, 1.54) is 6.07 Å². The topological polar surface area (TPSA) is 52.6 Å². The van der Waals surface area contributed by atoms with E-state index in [-0.39, 0.29) is 17.3 Å². The normalized spacial score (nSPS) is 13.9. The lowest BCUT2D eigenvalue weighted by molar-refractivity contribution is 0.0734. The second-order valence-corrected chi connectivity index (χ2v) is 7.92. The quantitative estimate of drug-likeness (QED) is 0.236. The summed E-state index contributed by atoms with van der Waals surface area (Å²) in [6.45, 7) is 0. The molecule has 0 aliphatic carbocycles. The summed E-state index contributed by atoms with van der Waals surface area (Å²) in [5, 5.41) is 0.901. The van der Waals surface area contributed by atoms with Gasteiger partial charge in [-0.05, 0) is 60.2 Å². The molecule has 7 heteroatoms. The maximum absolute atomic E-state index is 12.6. The number of Topliss-reactive ketones (excluding diaryl/α,β-unsaturated/α-hetero) is 1. The third-order valence-corrected chi connectivity index (χ3v) is 5.27. The van der Waals surface area contributed by atoms with Crippen molar-refractivity contribution in [3.05, 3.63) is 97.6 Å². The van der Waals surface area contributed by atoms with Crippen LogP contribution in [-0.2, 0) is 0 Å². The number of ether oxygens (including phenoxy) is 2. The number of benzene rings is 3. The number of fused-ring (bicyclic) bond motifs is 1. The number of halogens is 3. The Hall–Kier alpha value is -2.60. The summed E-state index contributed by atoms with van der Waals surface area (Å²) in [6.07, 6.45) is 1.55. The van der Waals surface area contributed by atoms with Crippen molar-refractivity contribution in [1.82, 2.24) is 0 Å². The number of hydrogen-bond donors (Lipinski definition) is 0. The van der Waals surface area contributed by atoms with Gasteiger partial charge in [0.25, 0.3) is 0 Å². The monoisotopic (exact) mass is 488 g/mol. The Balaban J connectivity index is 1.56. The molecule has 144 valence electrons. The maximum Gasteiger partial charge on any atom is 0.343 e. The van der Waals surface area contributed by atoms with E-state index >= 15 is 0 Å². The maximum atomic E-state index is 12.6. The van der Waals surface area contributed by atoms with Crippen molar-refractivity contribution in [3.63, 3.8) is 0 Å².